The quantitative estimate of drug-likeness (QED) is 0.667. The van der Waals surface area contributed by atoms with E-state index in [-0.39, 0.29) is 10.6 Å². The Labute approximate surface area is 149 Å². The summed E-state index contributed by atoms with van der Waals surface area (Å²) in [6.45, 7) is 1.72. The molecule has 3 rings (SSSR count). The maximum Gasteiger partial charge on any atom is 0.272 e. The van der Waals surface area contributed by atoms with Crippen molar-refractivity contribution in [2.45, 2.75) is 6.92 Å². The third kappa shape index (κ3) is 3.80. The molecular formula is C17H16N4O3S. The van der Waals surface area contributed by atoms with E-state index in [0.29, 0.717) is 27.9 Å². The van der Waals surface area contributed by atoms with Crippen LogP contribution >= 0.6 is 11.8 Å². The van der Waals surface area contributed by atoms with Crippen LogP contribution in [-0.4, -0.2) is 28.7 Å². The van der Waals surface area contributed by atoms with Crippen LogP contribution in [-0.2, 0) is 0 Å². The lowest BCUT2D eigenvalue weighted by Crippen LogP contribution is -2.25. The summed E-state index contributed by atoms with van der Waals surface area (Å²) in [7, 11) is 1.60. The van der Waals surface area contributed by atoms with Gasteiger partial charge in [-0.3, -0.25) is 15.5 Å². The summed E-state index contributed by atoms with van der Waals surface area (Å²) in [4.78, 5) is 15.2. The standard InChI is InChI=1S/C17H16N4O3S/c1-11-7-8-12(9-15(11)21(22)23)14-10-25-17(20-19-14)18-13-5-3-4-6-16(13)24-2/h3-9H,10H2,1-2H3,(H,18,20). The van der Waals surface area contributed by atoms with E-state index in [9.17, 15) is 10.1 Å². The predicted octanol–water partition coefficient (Wildman–Crippen LogP) is 3.64. The van der Waals surface area contributed by atoms with Crippen LogP contribution in [0.5, 0.6) is 5.75 Å². The molecule has 0 radical (unpaired) electrons. The van der Waals surface area contributed by atoms with Gasteiger partial charge in [-0.1, -0.05) is 36.0 Å². The molecule has 0 saturated heterocycles. The molecule has 0 aliphatic carbocycles. The fourth-order valence-corrected chi connectivity index (χ4v) is 3.12. The molecule has 128 valence electrons. The normalized spacial score (nSPS) is 15.4. The van der Waals surface area contributed by atoms with Gasteiger partial charge >= 0.3 is 0 Å². The van der Waals surface area contributed by atoms with Crippen LogP contribution in [0.4, 0.5) is 11.4 Å². The van der Waals surface area contributed by atoms with E-state index >= 15 is 0 Å². The van der Waals surface area contributed by atoms with Gasteiger partial charge < -0.3 is 4.74 Å². The first-order valence-corrected chi connectivity index (χ1v) is 8.49. The summed E-state index contributed by atoms with van der Waals surface area (Å²) in [5.41, 5.74) is 5.82. The van der Waals surface area contributed by atoms with Crippen LogP contribution in [0.25, 0.3) is 0 Å². The van der Waals surface area contributed by atoms with Crippen molar-refractivity contribution in [2.24, 2.45) is 10.1 Å². The molecule has 1 heterocycles. The number of hydrogen-bond acceptors (Lipinski definition) is 6. The van der Waals surface area contributed by atoms with E-state index in [1.165, 1.54) is 11.8 Å². The van der Waals surface area contributed by atoms with E-state index < -0.39 is 0 Å². The number of ether oxygens (including phenoxy) is 1. The number of benzene rings is 2. The number of amidine groups is 1. The minimum atomic E-state index is -0.378. The predicted molar refractivity (Wildman–Crippen MR) is 100 cm³/mol. The number of rotatable bonds is 4. The second-order valence-electron chi connectivity index (χ2n) is 5.31. The molecule has 0 unspecified atom stereocenters. The van der Waals surface area contributed by atoms with Crippen LogP contribution in [0.3, 0.4) is 0 Å². The van der Waals surface area contributed by atoms with Crippen LogP contribution in [0.15, 0.2) is 52.6 Å². The minimum Gasteiger partial charge on any atom is -0.494 e. The number of hydrazone groups is 1. The summed E-state index contributed by atoms with van der Waals surface area (Å²) in [6, 6.07) is 12.6. The number of nitro benzene ring substituents is 1. The molecule has 1 aliphatic heterocycles. The molecule has 0 bridgehead atoms. The number of thioether (sulfide) groups is 1. The summed E-state index contributed by atoms with van der Waals surface area (Å²) in [6.07, 6.45) is 0. The molecule has 1 aliphatic rings. The molecule has 2 aromatic carbocycles. The van der Waals surface area contributed by atoms with Crippen molar-refractivity contribution >= 4 is 34.0 Å². The zero-order chi connectivity index (χ0) is 17.8. The first-order chi connectivity index (χ1) is 12.1. The Balaban J connectivity index is 1.82. The van der Waals surface area contributed by atoms with Crippen LogP contribution in [0.2, 0.25) is 0 Å². The third-order valence-electron chi connectivity index (χ3n) is 3.68. The number of para-hydroxylation sites is 2. The second kappa shape index (κ2) is 7.35. The van der Waals surface area contributed by atoms with Gasteiger partial charge in [-0.25, -0.2) is 4.99 Å². The van der Waals surface area contributed by atoms with E-state index in [1.54, 1.807) is 26.2 Å². The third-order valence-corrected chi connectivity index (χ3v) is 4.55. The number of nitrogens with zero attached hydrogens (tertiary/aromatic N) is 3. The first kappa shape index (κ1) is 17.0. The van der Waals surface area contributed by atoms with Crippen molar-refractivity contribution in [3.8, 4) is 5.75 Å². The van der Waals surface area contributed by atoms with E-state index in [2.05, 4.69) is 15.5 Å². The van der Waals surface area contributed by atoms with Gasteiger partial charge in [-0.05, 0) is 19.1 Å². The number of aliphatic imine (C=N–C) groups is 1. The fraction of sp³-hybridized carbons (Fsp3) is 0.176. The van der Waals surface area contributed by atoms with Crippen molar-refractivity contribution in [3.05, 3.63) is 63.7 Å². The van der Waals surface area contributed by atoms with Crippen molar-refractivity contribution < 1.29 is 9.66 Å². The Bertz CT molecular complexity index is 880. The molecule has 0 atom stereocenters. The Morgan fingerprint density at radius 3 is 2.80 bits per heavy atom. The SMILES string of the molecule is COc1ccccc1N=C1NN=C(c2ccc(C)c([N+](=O)[O-])c2)CS1. The molecule has 0 saturated carbocycles. The Kier molecular flexibility index (Phi) is 4.99. The molecule has 0 amide bonds. The Hall–Kier alpha value is -2.87. The summed E-state index contributed by atoms with van der Waals surface area (Å²) in [5.74, 6) is 1.25. The van der Waals surface area contributed by atoms with E-state index in [4.69, 9.17) is 4.74 Å². The smallest absolute Gasteiger partial charge is 0.272 e. The van der Waals surface area contributed by atoms with Gasteiger partial charge in [0.15, 0.2) is 5.17 Å². The molecule has 2 aromatic rings. The van der Waals surface area contributed by atoms with Gasteiger partial charge in [0, 0.05) is 22.9 Å². The topological polar surface area (TPSA) is 89.1 Å². The molecule has 8 heteroatoms. The zero-order valence-corrected chi connectivity index (χ0v) is 14.5. The Morgan fingerprint density at radius 2 is 2.12 bits per heavy atom. The lowest BCUT2D eigenvalue weighted by molar-refractivity contribution is -0.385. The molecular weight excluding hydrogens is 340 g/mol. The summed E-state index contributed by atoms with van der Waals surface area (Å²) >= 11 is 1.48. The monoisotopic (exact) mass is 356 g/mol. The average molecular weight is 356 g/mol. The van der Waals surface area contributed by atoms with E-state index in [0.717, 1.165) is 11.3 Å². The Morgan fingerprint density at radius 1 is 1.32 bits per heavy atom. The highest BCUT2D eigenvalue weighted by molar-refractivity contribution is 8.14. The highest BCUT2D eigenvalue weighted by atomic mass is 32.2. The van der Waals surface area contributed by atoms with Crippen LogP contribution in [0.1, 0.15) is 11.1 Å². The van der Waals surface area contributed by atoms with Gasteiger partial charge in [0.1, 0.15) is 11.4 Å². The highest BCUT2D eigenvalue weighted by Gasteiger charge is 2.18. The average Bonchev–Trinajstić information content (AvgIpc) is 2.63. The molecule has 0 aromatic heterocycles. The largest absolute Gasteiger partial charge is 0.494 e. The van der Waals surface area contributed by atoms with Crippen molar-refractivity contribution in [1.82, 2.24) is 5.43 Å². The van der Waals surface area contributed by atoms with Crippen LogP contribution < -0.4 is 10.2 Å². The van der Waals surface area contributed by atoms with Crippen LogP contribution in [0, 0.1) is 17.0 Å². The summed E-state index contributed by atoms with van der Waals surface area (Å²) < 4.78 is 5.28. The second-order valence-corrected chi connectivity index (χ2v) is 6.27. The van der Waals surface area contributed by atoms with Crippen molar-refractivity contribution in [3.63, 3.8) is 0 Å². The number of aryl methyl sites for hydroxylation is 1. The minimum absolute atomic E-state index is 0.0960. The number of nitrogens with one attached hydrogen (secondary N) is 1. The summed E-state index contributed by atoms with van der Waals surface area (Å²) in [5, 5.41) is 16.0. The molecule has 7 nitrogen and oxygen atoms in total. The first-order valence-electron chi connectivity index (χ1n) is 7.51. The van der Waals surface area contributed by atoms with Gasteiger partial charge in [0.05, 0.1) is 17.7 Å². The van der Waals surface area contributed by atoms with Gasteiger partial charge in [0.2, 0.25) is 0 Å². The highest BCUT2D eigenvalue weighted by Crippen LogP contribution is 2.28. The number of methoxy groups -OCH3 is 1. The van der Waals surface area contributed by atoms with E-state index in [1.807, 2.05) is 30.3 Å². The fourth-order valence-electron chi connectivity index (χ4n) is 2.34. The van der Waals surface area contributed by atoms with Crippen molar-refractivity contribution in [1.29, 1.82) is 0 Å². The number of nitro groups is 1. The molecule has 25 heavy (non-hydrogen) atoms. The zero-order valence-electron chi connectivity index (χ0n) is 13.7. The number of hydrogen-bond donors (Lipinski definition) is 1. The maximum absolute atomic E-state index is 11.1. The van der Waals surface area contributed by atoms with Gasteiger partial charge in [0.25, 0.3) is 5.69 Å². The molecule has 0 fully saturated rings. The lowest BCUT2D eigenvalue weighted by atomic mass is 10.1. The maximum atomic E-state index is 11.1. The van der Waals surface area contributed by atoms with Gasteiger partial charge in [-0.2, -0.15) is 5.10 Å². The molecule has 1 N–H and O–H groups in total. The van der Waals surface area contributed by atoms with Crippen molar-refractivity contribution in [2.75, 3.05) is 12.9 Å². The van der Waals surface area contributed by atoms with Gasteiger partial charge in [-0.15, -0.1) is 0 Å². The lowest BCUT2D eigenvalue weighted by Gasteiger charge is -2.15. The molecule has 0 spiro atoms.